The molecule has 5 nitrogen and oxygen atoms in total. The van der Waals surface area contributed by atoms with Crippen molar-refractivity contribution in [2.45, 2.75) is 44.9 Å². The number of imidazole rings is 1. The summed E-state index contributed by atoms with van der Waals surface area (Å²) in [6, 6.07) is 0. The van der Waals surface area contributed by atoms with Crippen LogP contribution in [-0.4, -0.2) is 22.1 Å². The number of nitrogens with zero attached hydrogens (tertiary/aromatic N) is 1. The molecule has 3 rings (SSSR count). The largest absolute Gasteiger partial charge is 0.390 e. The minimum atomic E-state index is 0.458. The number of ketones is 1. The molecule has 18 heavy (non-hydrogen) atoms. The van der Waals surface area contributed by atoms with Crippen molar-refractivity contribution in [2.24, 2.45) is 11.7 Å². The molecule has 0 aliphatic heterocycles. The van der Waals surface area contributed by atoms with Crippen LogP contribution in [0.5, 0.6) is 0 Å². The van der Waals surface area contributed by atoms with Crippen LogP contribution in [0.3, 0.4) is 0 Å². The average Bonchev–Trinajstić information content (AvgIpc) is 3.30. The standard InChI is InChI=1S/C6H8N2.C6H10O.CH4N2/c1-2-5(1)6-3-7-4-8-6;1-2-6(7)5-3-4-5;2-1-3/h3-5H,1-2H2,(H,7,8);5H,2-4H2,1H3;1H,(H3,2,3). The lowest BCUT2D eigenvalue weighted by Crippen LogP contribution is -1.95. The van der Waals surface area contributed by atoms with Crippen molar-refractivity contribution in [3.8, 4) is 0 Å². The number of rotatable bonds is 3. The molecule has 2 aliphatic rings. The molecule has 4 N–H and O–H groups in total. The van der Waals surface area contributed by atoms with Gasteiger partial charge in [0.2, 0.25) is 0 Å². The van der Waals surface area contributed by atoms with Gasteiger partial charge >= 0.3 is 0 Å². The topological polar surface area (TPSA) is 95.6 Å². The highest BCUT2D eigenvalue weighted by molar-refractivity contribution is 5.82. The van der Waals surface area contributed by atoms with Crippen LogP contribution in [0.15, 0.2) is 12.5 Å². The predicted octanol–water partition coefficient (Wildman–Crippen LogP) is 2.21. The van der Waals surface area contributed by atoms with Gasteiger partial charge in [0.05, 0.1) is 12.7 Å². The number of hydrogen-bond donors (Lipinski definition) is 3. The summed E-state index contributed by atoms with van der Waals surface area (Å²) in [5.74, 6) is 1.75. The van der Waals surface area contributed by atoms with E-state index in [0.717, 1.165) is 31.5 Å². The summed E-state index contributed by atoms with van der Waals surface area (Å²) in [5.41, 5.74) is 5.70. The van der Waals surface area contributed by atoms with Crippen LogP contribution in [0.1, 0.15) is 50.6 Å². The van der Waals surface area contributed by atoms with E-state index in [9.17, 15) is 4.79 Å². The zero-order chi connectivity index (χ0) is 13.4. The van der Waals surface area contributed by atoms with Gasteiger partial charge in [0.1, 0.15) is 5.78 Å². The van der Waals surface area contributed by atoms with Crippen molar-refractivity contribution < 1.29 is 4.79 Å². The average molecular weight is 250 g/mol. The van der Waals surface area contributed by atoms with Crippen LogP contribution in [0.2, 0.25) is 0 Å². The van der Waals surface area contributed by atoms with Gasteiger partial charge in [-0.2, -0.15) is 0 Å². The van der Waals surface area contributed by atoms with E-state index >= 15 is 0 Å². The van der Waals surface area contributed by atoms with E-state index in [4.69, 9.17) is 5.41 Å². The van der Waals surface area contributed by atoms with Crippen LogP contribution in [0.4, 0.5) is 0 Å². The monoisotopic (exact) mass is 250 g/mol. The molecule has 0 atom stereocenters. The third-order valence-corrected chi connectivity index (χ3v) is 2.92. The van der Waals surface area contributed by atoms with Crippen LogP contribution in [0, 0.1) is 11.3 Å². The number of carbonyl (C=O) groups is 1. The number of aromatic nitrogens is 2. The second-order valence-corrected chi connectivity index (χ2v) is 4.54. The van der Waals surface area contributed by atoms with E-state index in [1.165, 1.54) is 18.5 Å². The molecule has 1 heterocycles. The van der Waals surface area contributed by atoms with Gasteiger partial charge in [-0.3, -0.25) is 10.2 Å². The molecule has 0 spiro atoms. The molecule has 100 valence electrons. The third kappa shape index (κ3) is 5.61. The van der Waals surface area contributed by atoms with Crippen molar-refractivity contribution >= 4 is 12.1 Å². The number of carbonyl (C=O) groups excluding carboxylic acids is 1. The predicted molar refractivity (Wildman–Crippen MR) is 71.6 cm³/mol. The molecule has 0 bridgehead atoms. The quantitative estimate of drug-likeness (QED) is 0.567. The fourth-order valence-corrected chi connectivity index (χ4v) is 1.58. The zero-order valence-electron chi connectivity index (χ0n) is 10.9. The molecule has 0 amide bonds. The van der Waals surface area contributed by atoms with Gasteiger partial charge < -0.3 is 10.7 Å². The maximum atomic E-state index is 10.6. The van der Waals surface area contributed by atoms with E-state index in [1.807, 2.05) is 13.1 Å². The van der Waals surface area contributed by atoms with Crippen LogP contribution >= 0.6 is 0 Å². The second kappa shape index (κ2) is 7.63. The summed E-state index contributed by atoms with van der Waals surface area (Å²) in [7, 11) is 0. The van der Waals surface area contributed by atoms with Crippen LogP contribution in [-0.2, 0) is 4.79 Å². The molecular weight excluding hydrogens is 228 g/mol. The summed E-state index contributed by atoms with van der Waals surface area (Å²) >= 11 is 0. The van der Waals surface area contributed by atoms with Gasteiger partial charge in [-0.05, 0) is 25.7 Å². The Morgan fingerprint density at radius 3 is 2.44 bits per heavy atom. The van der Waals surface area contributed by atoms with Crippen LogP contribution < -0.4 is 5.73 Å². The fourth-order valence-electron chi connectivity index (χ4n) is 1.58. The minimum Gasteiger partial charge on any atom is -0.390 e. The summed E-state index contributed by atoms with van der Waals surface area (Å²) < 4.78 is 0. The highest BCUT2D eigenvalue weighted by Gasteiger charge is 2.27. The molecule has 2 saturated carbocycles. The highest BCUT2D eigenvalue weighted by atomic mass is 16.1. The maximum Gasteiger partial charge on any atom is 0.135 e. The number of aromatic amines is 1. The molecule has 0 saturated heterocycles. The summed E-state index contributed by atoms with van der Waals surface area (Å²) in [5, 5.41) is 5.86. The third-order valence-electron chi connectivity index (χ3n) is 2.92. The van der Waals surface area contributed by atoms with E-state index in [-0.39, 0.29) is 0 Å². The van der Waals surface area contributed by atoms with Crippen molar-refractivity contribution in [3.63, 3.8) is 0 Å². The Bertz CT molecular complexity index is 353. The minimum absolute atomic E-state index is 0.458. The first-order chi connectivity index (χ1) is 8.72. The number of H-pyrrole nitrogens is 1. The Morgan fingerprint density at radius 1 is 1.56 bits per heavy atom. The van der Waals surface area contributed by atoms with Gasteiger partial charge in [0.25, 0.3) is 0 Å². The first-order valence-corrected chi connectivity index (χ1v) is 6.44. The van der Waals surface area contributed by atoms with Gasteiger partial charge in [-0.1, -0.05) is 6.92 Å². The molecule has 0 unspecified atom stereocenters. The fraction of sp³-hybridized carbons (Fsp3) is 0.615. The van der Waals surface area contributed by atoms with E-state index < -0.39 is 0 Å². The molecule has 1 aromatic heterocycles. The normalized spacial score (nSPS) is 16.7. The molecule has 0 aromatic carbocycles. The molecule has 1 aromatic rings. The number of nitrogens with two attached hydrogens (primary N) is 1. The zero-order valence-corrected chi connectivity index (χ0v) is 10.9. The molecule has 2 fully saturated rings. The van der Waals surface area contributed by atoms with E-state index in [2.05, 4.69) is 15.7 Å². The van der Waals surface area contributed by atoms with Gasteiger partial charge in [0, 0.05) is 30.1 Å². The Kier molecular flexibility index (Phi) is 6.11. The van der Waals surface area contributed by atoms with Crippen molar-refractivity contribution in [1.82, 2.24) is 9.97 Å². The van der Waals surface area contributed by atoms with Gasteiger partial charge in [-0.15, -0.1) is 0 Å². The number of nitrogens with one attached hydrogen (secondary N) is 2. The summed E-state index contributed by atoms with van der Waals surface area (Å²) in [6.45, 7) is 1.93. The molecular formula is C13H22N4O. The maximum absolute atomic E-state index is 10.6. The van der Waals surface area contributed by atoms with E-state index in [1.54, 1.807) is 6.33 Å². The number of hydrogen-bond acceptors (Lipinski definition) is 3. The number of Topliss-reactive ketones (excluding diaryl/α,β-unsaturated/α-hetero) is 1. The molecule has 2 aliphatic carbocycles. The lowest BCUT2D eigenvalue weighted by atomic mass is 10.2. The lowest BCUT2D eigenvalue weighted by Gasteiger charge is -1.84. The Labute approximate surface area is 108 Å². The van der Waals surface area contributed by atoms with Crippen molar-refractivity contribution in [1.29, 1.82) is 5.41 Å². The van der Waals surface area contributed by atoms with Gasteiger partial charge in [0.15, 0.2) is 0 Å². The Morgan fingerprint density at radius 2 is 2.17 bits per heavy atom. The first-order valence-electron chi connectivity index (χ1n) is 6.44. The summed E-state index contributed by atoms with van der Waals surface area (Å²) in [6.07, 6.45) is 10.2. The molecule has 0 radical (unpaired) electrons. The van der Waals surface area contributed by atoms with Gasteiger partial charge in [-0.25, -0.2) is 4.98 Å². The smallest absolute Gasteiger partial charge is 0.135 e. The van der Waals surface area contributed by atoms with Crippen molar-refractivity contribution in [2.75, 3.05) is 0 Å². The van der Waals surface area contributed by atoms with Crippen molar-refractivity contribution in [3.05, 3.63) is 18.2 Å². The Balaban J connectivity index is 0.000000150. The lowest BCUT2D eigenvalue weighted by molar-refractivity contribution is -0.119. The summed E-state index contributed by atoms with van der Waals surface area (Å²) in [4.78, 5) is 17.6. The highest BCUT2D eigenvalue weighted by Crippen LogP contribution is 2.38. The molecule has 5 heteroatoms. The first kappa shape index (κ1) is 14.4. The van der Waals surface area contributed by atoms with Crippen LogP contribution in [0.25, 0.3) is 0 Å². The SMILES string of the molecule is CCC(=O)C1CC1.N=CN.c1ncc(C2CC2)[nH]1. The second-order valence-electron chi connectivity index (χ2n) is 4.54. The Hall–Kier alpha value is -1.65. The van der Waals surface area contributed by atoms with E-state index in [0.29, 0.717) is 11.7 Å².